The summed E-state index contributed by atoms with van der Waals surface area (Å²) in [4.78, 5) is 22.6. The highest BCUT2D eigenvalue weighted by atomic mass is 35.5. The van der Waals surface area contributed by atoms with Crippen molar-refractivity contribution >= 4 is 35.3 Å². The van der Waals surface area contributed by atoms with Crippen molar-refractivity contribution in [3.63, 3.8) is 0 Å². The Morgan fingerprint density at radius 3 is 2.42 bits per heavy atom. The molecule has 0 saturated carbocycles. The van der Waals surface area contributed by atoms with Gasteiger partial charge in [-0.2, -0.15) is 5.10 Å². The van der Waals surface area contributed by atoms with Crippen molar-refractivity contribution in [2.24, 2.45) is 5.10 Å². The third-order valence-corrected chi connectivity index (χ3v) is 3.07. The van der Waals surface area contributed by atoms with Gasteiger partial charge in [0.2, 0.25) is 5.91 Å². The summed E-state index contributed by atoms with van der Waals surface area (Å²) in [6.45, 7) is 1.26. The molecule has 6 nitrogen and oxygen atoms in total. The van der Waals surface area contributed by atoms with E-state index in [4.69, 9.17) is 16.3 Å². The molecule has 0 aliphatic carbocycles. The highest BCUT2D eigenvalue weighted by molar-refractivity contribution is 6.30. The number of nitrogens with zero attached hydrogens (tertiary/aromatic N) is 1. The Kier molecular flexibility index (Phi) is 6.33. The van der Waals surface area contributed by atoms with Crippen molar-refractivity contribution in [1.29, 1.82) is 0 Å². The van der Waals surface area contributed by atoms with Gasteiger partial charge in [0.25, 0.3) is 5.91 Å². The average Bonchev–Trinajstić information content (AvgIpc) is 2.55. The second-order valence-electron chi connectivity index (χ2n) is 4.84. The van der Waals surface area contributed by atoms with Crippen molar-refractivity contribution in [3.8, 4) is 5.75 Å². The molecule has 0 aliphatic heterocycles. The van der Waals surface area contributed by atoms with Crippen molar-refractivity contribution in [1.82, 2.24) is 5.43 Å². The Bertz CT molecular complexity index is 728. The van der Waals surface area contributed by atoms with Crippen molar-refractivity contribution in [2.45, 2.75) is 6.92 Å². The number of carbonyl (C=O) groups excluding carboxylic acids is 2. The van der Waals surface area contributed by atoms with Gasteiger partial charge in [-0.1, -0.05) is 23.7 Å². The largest absolute Gasteiger partial charge is 0.484 e. The van der Waals surface area contributed by atoms with Crippen LogP contribution >= 0.6 is 11.6 Å². The van der Waals surface area contributed by atoms with Gasteiger partial charge in [0.15, 0.2) is 6.61 Å². The molecule has 0 aromatic heterocycles. The van der Waals surface area contributed by atoms with Crippen molar-refractivity contribution in [2.75, 3.05) is 11.9 Å². The number of ether oxygens (including phenoxy) is 1. The zero-order valence-corrected chi connectivity index (χ0v) is 13.7. The van der Waals surface area contributed by atoms with Crippen LogP contribution in [-0.4, -0.2) is 24.6 Å². The first-order valence-electron chi connectivity index (χ1n) is 7.11. The van der Waals surface area contributed by atoms with Gasteiger partial charge >= 0.3 is 0 Å². The maximum Gasteiger partial charge on any atom is 0.277 e. The molecule has 7 heteroatoms. The molecule has 2 aromatic carbocycles. The molecule has 0 atom stereocenters. The minimum absolute atomic E-state index is 0.151. The van der Waals surface area contributed by atoms with Crippen LogP contribution < -0.4 is 15.5 Å². The Morgan fingerprint density at radius 2 is 1.79 bits per heavy atom. The maximum absolute atomic E-state index is 11.6. The van der Waals surface area contributed by atoms with E-state index in [1.807, 2.05) is 0 Å². The Balaban J connectivity index is 1.76. The standard InChI is InChI=1S/C17H16ClN3O3/c1-12(22)20-15-6-8-16(9-7-15)24-11-17(23)21-19-10-13-2-4-14(18)5-3-13/h2-10H,11H2,1H3,(H,20,22)(H,21,23)/b19-10+. The minimum atomic E-state index is -0.383. The lowest BCUT2D eigenvalue weighted by Crippen LogP contribution is -2.24. The SMILES string of the molecule is CC(=O)Nc1ccc(OCC(=O)N/N=C/c2ccc(Cl)cc2)cc1. The molecule has 0 heterocycles. The van der Waals surface area contributed by atoms with E-state index in [2.05, 4.69) is 15.8 Å². The molecule has 2 amide bonds. The predicted octanol–water partition coefficient (Wildman–Crippen LogP) is 2.83. The molecule has 124 valence electrons. The summed E-state index contributed by atoms with van der Waals surface area (Å²) < 4.78 is 5.33. The number of benzene rings is 2. The average molecular weight is 346 g/mol. The second-order valence-corrected chi connectivity index (χ2v) is 5.28. The number of amides is 2. The fraction of sp³-hybridized carbons (Fsp3) is 0.118. The molecule has 24 heavy (non-hydrogen) atoms. The molecule has 0 spiro atoms. The molecule has 0 radical (unpaired) electrons. The van der Waals surface area contributed by atoms with Gasteiger partial charge in [-0.15, -0.1) is 0 Å². The first-order valence-corrected chi connectivity index (χ1v) is 7.48. The zero-order valence-electron chi connectivity index (χ0n) is 13.0. The second kappa shape index (κ2) is 8.69. The van der Waals surface area contributed by atoms with E-state index in [1.165, 1.54) is 13.1 Å². The van der Waals surface area contributed by atoms with Crippen LogP contribution in [0.2, 0.25) is 5.02 Å². The highest BCUT2D eigenvalue weighted by Gasteiger charge is 2.02. The molecule has 2 N–H and O–H groups in total. The van der Waals surface area contributed by atoms with Gasteiger partial charge in [-0.25, -0.2) is 5.43 Å². The van der Waals surface area contributed by atoms with E-state index in [1.54, 1.807) is 48.5 Å². The summed E-state index contributed by atoms with van der Waals surface area (Å²) in [5, 5.41) is 7.11. The number of halogens is 1. The molecular weight excluding hydrogens is 330 g/mol. The molecule has 2 aromatic rings. The summed E-state index contributed by atoms with van der Waals surface area (Å²) in [5.41, 5.74) is 3.84. The molecule has 0 unspecified atom stereocenters. The number of rotatable bonds is 6. The summed E-state index contributed by atoms with van der Waals surface area (Å²) in [6, 6.07) is 13.7. The quantitative estimate of drug-likeness (QED) is 0.624. The topological polar surface area (TPSA) is 79.8 Å². The Hall–Kier alpha value is -2.86. The normalized spacial score (nSPS) is 10.4. The van der Waals surface area contributed by atoms with Crippen molar-refractivity contribution < 1.29 is 14.3 Å². The Labute approximate surface area is 144 Å². The lowest BCUT2D eigenvalue weighted by Gasteiger charge is -2.06. The predicted molar refractivity (Wildman–Crippen MR) is 93.4 cm³/mol. The first-order chi connectivity index (χ1) is 11.5. The van der Waals surface area contributed by atoms with Crippen LogP contribution in [0.3, 0.4) is 0 Å². The van der Waals surface area contributed by atoms with Crippen LogP contribution in [0.15, 0.2) is 53.6 Å². The minimum Gasteiger partial charge on any atom is -0.484 e. The molecule has 0 saturated heterocycles. The third kappa shape index (κ3) is 6.10. The number of carbonyl (C=O) groups is 2. The van der Waals surface area contributed by atoms with E-state index in [0.717, 1.165) is 5.56 Å². The maximum atomic E-state index is 11.6. The van der Waals surface area contributed by atoms with E-state index in [9.17, 15) is 9.59 Å². The molecule has 0 bridgehead atoms. The van der Waals surface area contributed by atoms with Crippen LogP contribution in [-0.2, 0) is 9.59 Å². The lowest BCUT2D eigenvalue weighted by atomic mass is 10.2. The summed E-state index contributed by atoms with van der Waals surface area (Å²) in [5.74, 6) is -0.0197. The van der Waals surface area contributed by atoms with Gasteiger partial charge in [-0.05, 0) is 42.0 Å². The number of hydrogen-bond donors (Lipinski definition) is 2. The number of anilines is 1. The van der Waals surface area contributed by atoms with E-state index in [0.29, 0.717) is 16.5 Å². The van der Waals surface area contributed by atoms with E-state index >= 15 is 0 Å². The van der Waals surface area contributed by atoms with Crippen LogP contribution in [0.5, 0.6) is 5.75 Å². The van der Waals surface area contributed by atoms with E-state index in [-0.39, 0.29) is 18.4 Å². The number of hydrazone groups is 1. The van der Waals surface area contributed by atoms with Crippen LogP contribution in [0.25, 0.3) is 0 Å². The van der Waals surface area contributed by atoms with Gasteiger partial charge in [0.1, 0.15) is 5.75 Å². The van der Waals surface area contributed by atoms with Gasteiger partial charge in [0.05, 0.1) is 6.21 Å². The molecular formula is C17H16ClN3O3. The summed E-state index contributed by atoms with van der Waals surface area (Å²) in [7, 11) is 0. The summed E-state index contributed by atoms with van der Waals surface area (Å²) in [6.07, 6.45) is 1.51. The van der Waals surface area contributed by atoms with Crippen LogP contribution in [0.4, 0.5) is 5.69 Å². The highest BCUT2D eigenvalue weighted by Crippen LogP contribution is 2.15. The number of hydrogen-bond acceptors (Lipinski definition) is 4. The lowest BCUT2D eigenvalue weighted by molar-refractivity contribution is -0.123. The molecule has 0 fully saturated rings. The van der Waals surface area contributed by atoms with Crippen molar-refractivity contribution in [3.05, 3.63) is 59.1 Å². The van der Waals surface area contributed by atoms with Gasteiger partial charge < -0.3 is 10.1 Å². The smallest absolute Gasteiger partial charge is 0.277 e. The molecule has 0 aliphatic rings. The zero-order chi connectivity index (χ0) is 17.4. The number of nitrogens with one attached hydrogen (secondary N) is 2. The van der Waals surface area contributed by atoms with Gasteiger partial charge in [0, 0.05) is 17.6 Å². The first kappa shape index (κ1) is 17.5. The summed E-state index contributed by atoms with van der Waals surface area (Å²) >= 11 is 5.78. The van der Waals surface area contributed by atoms with E-state index < -0.39 is 0 Å². The van der Waals surface area contributed by atoms with Crippen LogP contribution in [0.1, 0.15) is 12.5 Å². The molecule has 2 rings (SSSR count). The fourth-order valence-electron chi connectivity index (χ4n) is 1.75. The monoisotopic (exact) mass is 345 g/mol. The fourth-order valence-corrected chi connectivity index (χ4v) is 1.87. The Morgan fingerprint density at radius 1 is 1.12 bits per heavy atom. The third-order valence-electron chi connectivity index (χ3n) is 2.82. The van der Waals surface area contributed by atoms with Gasteiger partial charge in [-0.3, -0.25) is 9.59 Å². The van der Waals surface area contributed by atoms with Crippen LogP contribution in [0, 0.1) is 0 Å².